The van der Waals surface area contributed by atoms with Crippen LogP contribution in [0.4, 0.5) is 0 Å². The van der Waals surface area contributed by atoms with Crippen molar-refractivity contribution < 1.29 is 4.79 Å². The fraction of sp³-hybridized carbons (Fsp3) is 0.632. The molecule has 0 aromatic heterocycles. The maximum Gasteiger partial charge on any atom is 0.163 e. The molecule has 0 radical (unpaired) electrons. The standard InChI is InChI=1S/C19H30O/c1-4-7-8-9-10-11-12-19(20)18-15-16(5-2)13-14-17(18)6-3/h13-15H,4-12H2,1-3H3. The maximum atomic E-state index is 12.4. The van der Waals surface area contributed by atoms with Gasteiger partial charge < -0.3 is 0 Å². The number of ketones is 1. The Hall–Kier alpha value is -1.11. The van der Waals surface area contributed by atoms with Crippen LogP contribution in [0, 0.1) is 0 Å². The lowest BCUT2D eigenvalue weighted by atomic mass is 9.95. The van der Waals surface area contributed by atoms with E-state index in [1.165, 1.54) is 43.2 Å². The third kappa shape index (κ3) is 5.48. The van der Waals surface area contributed by atoms with E-state index in [1.807, 2.05) is 0 Å². The van der Waals surface area contributed by atoms with Gasteiger partial charge in [-0.1, -0.05) is 65.0 Å². The highest BCUT2D eigenvalue weighted by Crippen LogP contribution is 2.17. The SMILES string of the molecule is CCCCCCCCC(=O)c1cc(CC)ccc1CC. The van der Waals surface area contributed by atoms with Crippen molar-refractivity contribution in [2.75, 3.05) is 0 Å². The van der Waals surface area contributed by atoms with Gasteiger partial charge in [0, 0.05) is 12.0 Å². The first-order valence-electron chi connectivity index (χ1n) is 8.37. The lowest BCUT2D eigenvalue weighted by Crippen LogP contribution is -2.04. The molecule has 0 unspecified atom stereocenters. The van der Waals surface area contributed by atoms with E-state index in [2.05, 4.69) is 39.0 Å². The minimum absolute atomic E-state index is 0.340. The number of carbonyl (C=O) groups is 1. The zero-order valence-corrected chi connectivity index (χ0v) is 13.5. The van der Waals surface area contributed by atoms with Crippen molar-refractivity contribution in [3.05, 3.63) is 34.9 Å². The van der Waals surface area contributed by atoms with Crippen molar-refractivity contribution >= 4 is 5.78 Å². The number of rotatable bonds is 10. The molecule has 0 heterocycles. The van der Waals surface area contributed by atoms with Gasteiger partial charge in [0.15, 0.2) is 5.78 Å². The molecule has 0 bridgehead atoms. The Morgan fingerprint density at radius 2 is 1.60 bits per heavy atom. The fourth-order valence-electron chi connectivity index (χ4n) is 2.61. The van der Waals surface area contributed by atoms with E-state index in [-0.39, 0.29) is 0 Å². The van der Waals surface area contributed by atoms with Crippen molar-refractivity contribution in [1.82, 2.24) is 0 Å². The van der Waals surface area contributed by atoms with Gasteiger partial charge in [-0.05, 0) is 36.5 Å². The highest BCUT2D eigenvalue weighted by molar-refractivity contribution is 5.97. The molecular formula is C19H30O. The molecule has 1 nitrogen and oxygen atoms in total. The second kappa shape index (κ2) is 9.74. The quantitative estimate of drug-likeness (QED) is 0.392. The predicted molar refractivity (Wildman–Crippen MR) is 87.5 cm³/mol. The molecule has 0 N–H and O–H groups in total. The minimum atomic E-state index is 0.340. The van der Waals surface area contributed by atoms with Gasteiger partial charge in [0.2, 0.25) is 0 Å². The molecule has 0 saturated carbocycles. The number of benzene rings is 1. The average molecular weight is 274 g/mol. The van der Waals surface area contributed by atoms with E-state index in [0.717, 1.165) is 24.8 Å². The van der Waals surface area contributed by atoms with Gasteiger partial charge in [0.1, 0.15) is 0 Å². The number of unbranched alkanes of at least 4 members (excludes halogenated alkanes) is 5. The van der Waals surface area contributed by atoms with Crippen LogP contribution >= 0.6 is 0 Å². The molecule has 20 heavy (non-hydrogen) atoms. The van der Waals surface area contributed by atoms with Gasteiger partial charge in [-0.15, -0.1) is 0 Å². The molecule has 0 aliphatic carbocycles. The summed E-state index contributed by atoms with van der Waals surface area (Å²) in [6.07, 6.45) is 10.1. The van der Waals surface area contributed by atoms with E-state index in [1.54, 1.807) is 0 Å². The summed E-state index contributed by atoms with van der Waals surface area (Å²) < 4.78 is 0. The molecule has 0 spiro atoms. The summed E-state index contributed by atoms with van der Waals surface area (Å²) in [4.78, 5) is 12.4. The first-order valence-corrected chi connectivity index (χ1v) is 8.37. The van der Waals surface area contributed by atoms with Crippen molar-refractivity contribution in [2.45, 2.75) is 78.6 Å². The molecule has 0 aliphatic heterocycles. The maximum absolute atomic E-state index is 12.4. The van der Waals surface area contributed by atoms with Crippen LogP contribution in [0.25, 0.3) is 0 Å². The molecule has 0 fully saturated rings. The van der Waals surface area contributed by atoms with Crippen LogP contribution in [0.2, 0.25) is 0 Å². The van der Waals surface area contributed by atoms with Gasteiger partial charge >= 0.3 is 0 Å². The van der Waals surface area contributed by atoms with Crippen LogP contribution in [0.3, 0.4) is 0 Å². The van der Waals surface area contributed by atoms with Crippen LogP contribution in [0.15, 0.2) is 18.2 Å². The molecule has 112 valence electrons. The third-order valence-electron chi connectivity index (χ3n) is 4.02. The summed E-state index contributed by atoms with van der Waals surface area (Å²) in [7, 11) is 0. The molecule has 0 saturated heterocycles. The lowest BCUT2D eigenvalue weighted by Gasteiger charge is -2.09. The Labute approximate surface area is 124 Å². The van der Waals surface area contributed by atoms with Gasteiger partial charge in [-0.3, -0.25) is 4.79 Å². The van der Waals surface area contributed by atoms with E-state index < -0.39 is 0 Å². The molecule has 1 aromatic carbocycles. The number of hydrogen-bond acceptors (Lipinski definition) is 1. The summed E-state index contributed by atoms with van der Waals surface area (Å²) in [5, 5.41) is 0. The highest BCUT2D eigenvalue weighted by atomic mass is 16.1. The molecule has 0 atom stereocenters. The summed E-state index contributed by atoms with van der Waals surface area (Å²) in [6, 6.07) is 6.39. The summed E-state index contributed by atoms with van der Waals surface area (Å²) >= 11 is 0. The molecular weight excluding hydrogens is 244 g/mol. The number of carbonyl (C=O) groups excluding carboxylic acids is 1. The first-order chi connectivity index (χ1) is 9.72. The number of aryl methyl sites for hydroxylation is 2. The van der Waals surface area contributed by atoms with Gasteiger partial charge in [0.05, 0.1) is 0 Å². The average Bonchev–Trinajstić information content (AvgIpc) is 2.49. The Bertz CT molecular complexity index is 406. The smallest absolute Gasteiger partial charge is 0.163 e. The van der Waals surface area contributed by atoms with Crippen LogP contribution in [-0.2, 0) is 12.8 Å². The van der Waals surface area contributed by atoms with E-state index in [9.17, 15) is 4.79 Å². The van der Waals surface area contributed by atoms with E-state index in [4.69, 9.17) is 0 Å². The van der Waals surface area contributed by atoms with Crippen LogP contribution in [-0.4, -0.2) is 5.78 Å². The second-order valence-electron chi connectivity index (χ2n) is 5.64. The van der Waals surface area contributed by atoms with E-state index >= 15 is 0 Å². The Morgan fingerprint density at radius 3 is 2.25 bits per heavy atom. The third-order valence-corrected chi connectivity index (χ3v) is 4.02. The van der Waals surface area contributed by atoms with Crippen molar-refractivity contribution in [1.29, 1.82) is 0 Å². The van der Waals surface area contributed by atoms with Crippen LogP contribution < -0.4 is 0 Å². The Balaban J connectivity index is 2.49. The number of Topliss-reactive ketones (excluding diaryl/α,β-unsaturated/α-hetero) is 1. The van der Waals surface area contributed by atoms with Gasteiger partial charge in [-0.2, -0.15) is 0 Å². The molecule has 1 rings (SSSR count). The van der Waals surface area contributed by atoms with Crippen LogP contribution in [0.5, 0.6) is 0 Å². The molecule has 1 heteroatoms. The predicted octanol–water partition coefficient (Wildman–Crippen LogP) is 5.74. The molecule has 0 amide bonds. The zero-order chi connectivity index (χ0) is 14.8. The minimum Gasteiger partial charge on any atom is -0.294 e. The zero-order valence-electron chi connectivity index (χ0n) is 13.5. The molecule has 1 aromatic rings. The van der Waals surface area contributed by atoms with Crippen molar-refractivity contribution in [2.24, 2.45) is 0 Å². The fourth-order valence-corrected chi connectivity index (χ4v) is 2.61. The summed E-state index contributed by atoms with van der Waals surface area (Å²) in [5.74, 6) is 0.340. The van der Waals surface area contributed by atoms with Crippen molar-refractivity contribution in [3.8, 4) is 0 Å². The topological polar surface area (TPSA) is 17.1 Å². The second-order valence-corrected chi connectivity index (χ2v) is 5.64. The number of hydrogen-bond donors (Lipinski definition) is 0. The normalized spacial score (nSPS) is 10.8. The first kappa shape index (κ1) is 16.9. The van der Waals surface area contributed by atoms with Gasteiger partial charge in [-0.25, -0.2) is 0 Å². The van der Waals surface area contributed by atoms with Crippen molar-refractivity contribution in [3.63, 3.8) is 0 Å². The van der Waals surface area contributed by atoms with Gasteiger partial charge in [0.25, 0.3) is 0 Å². The summed E-state index contributed by atoms with van der Waals surface area (Å²) in [5.41, 5.74) is 3.45. The monoisotopic (exact) mass is 274 g/mol. The highest BCUT2D eigenvalue weighted by Gasteiger charge is 2.10. The van der Waals surface area contributed by atoms with E-state index in [0.29, 0.717) is 12.2 Å². The largest absolute Gasteiger partial charge is 0.294 e. The summed E-state index contributed by atoms with van der Waals surface area (Å²) in [6.45, 7) is 6.50. The Kier molecular flexibility index (Phi) is 8.25. The van der Waals surface area contributed by atoms with Crippen LogP contribution in [0.1, 0.15) is 87.2 Å². The molecule has 0 aliphatic rings. The lowest BCUT2D eigenvalue weighted by molar-refractivity contribution is 0.0978. The Morgan fingerprint density at radius 1 is 0.900 bits per heavy atom.